The highest BCUT2D eigenvalue weighted by Gasteiger charge is 2.41. The Labute approximate surface area is 108 Å². The van der Waals surface area contributed by atoms with Gasteiger partial charge in [0.15, 0.2) is 0 Å². The van der Waals surface area contributed by atoms with E-state index in [1.54, 1.807) is 0 Å². The Hall–Kier alpha value is -1.32. The smallest absolute Gasteiger partial charge is 0.307 e. The van der Waals surface area contributed by atoms with Gasteiger partial charge in [0.2, 0.25) is 5.91 Å². The summed E-state index contributed by atoms with van der Waals surface area (Å²) in [6, 6.07) is 0. The van der Waals surface area contributed by atoms with Gasteiger partial charge in [0.25, 0.3) is 0 Å². The first-order chi connectivity index (χ1) is 8.60. The number of hydrogen-bond donors (Lipinski definition) is 2. The molecule has 1 saturated carbocycles. The van der Waals surface area contributed by atoms with E-state index in [2.05, 4.69) is 12.2 Å². The summed E-state index contributed by atoms with van der Waals surface area (Å²) in [5, 5.41) is 12.0. The molecule has 102 valence electrons. The maximum atomic E-state index is 12.0. The second-order valence-electron chi connectivity index (χ2n) is 4.95. The monoisotopic (exact) mass is 253 g/mol. The highest BCUT2D eigenvalue weighted by atomic mass is 16.4. The van der Waals surface area contributed by atoms with Crippen molar-refractivity contribution in [2.75, 3.05) is 6.54 Å². The third-order valence-corrected chi connectivity index (χ3v) is 3.74. The first kappa shape index (κ1) is 14.7. The van der Waals surface area contributed by atoms with Crippen LogP contribution in [0.3, 0.4) is 0 Å². The Morgan fingerprint density at radius 2 is 2.00 bits per heavy atom. The molecular weight excluding hydrogens is 230 g/mol. The van der Waals surface area contributed by atoms with Crippen LogP contribution in [0, 0.1) is 17.8 Å². The van der Waals surface area contributed by atoms with E-state index in [0.717, 1.165) is 12.8 Å². The second-order valence-corrected chi connectivity index (χ2v) is 4.95. The van der Waals surface area contributed by atoms with Crippen molar-refractivity contribution in [2.24, 2.45) is 17.8 Å². The van der Waals surface area contributed by atoms with Gasteiger partial charge in [0.1, 0.15) is 0 Å². The van der Waals surface area contributed by atoms with Crippen LogP contribution >= 0.6 is 0 Å². The standard InChI is InChI=1S/C14H23NO3/c1-3-5-6-7-15-13(16)11-8-10(4-2)9-12(11)14(17)18/h3,5,10-12H,4,6-9H2,1-2H3,(H,15,16)(H,17,18)/b5-3+. The fraction of sp³-hybridized carbons (Fsp3) is 0.714. The first-order valence-electron chi connectivity index (χ1n) is 6.71. The Kier molecular flexibility index (Phi) is 5.89. The largest absolute Gasteiger partial charge is 0.481 e. The van der Waals surface area contributed by atoms with E-state index in [-0.39, 0.29) is 11.8 Å². The average Bonchev–Trinajstić information content (AvgIpc) is 2.78. The number of allylic oxidation sites excluding steroid dienone is 1. The fourth-order valence-electron chi connectivity index (χ4n) is 2.62. The molecule has 1 rings (SSSR count). The van der Waals surface area contributed by atoms with Gasteiger partial charge in [-0.1, -0.05) is 25.5 Å². The zero-order valence-corrected chi connectivity index (χ0v) is 11.2. The van der Waals surface area contributed by atoms with Crippen LogP contribution in [0.4, 0.5) is 0 Å². The first-order valence-corrected chi connectivity index (χ1v) is 6.71. The third kappa shape index (κ3) is 3.86. The van der Waals surface area contributed by atoms with Crippen LogP contribution in [0.2, 0.25) is 0 Å². The van der Waals surface area contributed by atoms with Crippen LogP contribution in [0.5, 0.6) is 0 Å². The lowest BCUT2D eigenvalue weighted by Crippen LogP contribution is -2.35. The normalized spacial score (nSPS) is 27.6. The lowest BCUT2D eigenvalue weighted by Gasteiger charge is -2.15. The van der Waals surface area contributed by atoms with Crippen LogP contribution in [0.1, 0.15) is 39.5 Å². The van der Waals surface area contributed by atoms with Gasteiger partial charge in [-0.05, 0) is 32.1 Å². The molecule has 4 nitrogen and oxygen atoms in total. The molecule has 0 heterocycles. The minimum absolute atomic E-state index is 0.0946. The van der Waals surface area contributed by atoms with Gasteiger partial charge in [-0.25, -0.2) is 0 Å². The Balaban J connectivity index is 2.51. The molecule has 1 amide bonds. The molecule has 0 bridgehead atoms. The number of carboxylic acids is 1. The van der Waals surface area contributed by atoms with Crippen molar-refractivity contribution in [1.29, 1.82) is 0 Å². The molecule has 0 aromatic rings. The van der Waals surface area contributed by atoms with Crippen molar-refractivity contribution in [1.82, 2.24) is 5.32 Å². The molecule has 1 aliphatic carbocycles. The summed E-state index contributed by atoms with van der Waals surface area (Å²) in [6.45, 7) is 4.57. The van der Waals surface area contributed by atoms with Crippen molar-refractivity contribution in [3.05, 3.63) is 12.2 Å². The van der Waals surface area contributed by atoms with Crippen molar-refractivity contribution in [2.45, 2.75) is 39.5 Å². The Morgan fingerprint density at radius 1 is 1.33 bits per heavy atom. The van der Waals surface area contributed by atoms with Crippen LogP contribution in [-0.4, -0.2) is 23.5 Å². The molecule has 1 aliphatic rings. The van der Waals surface area contributed by atoms with E-state index < -0.39 is 11.9 Å². The molecule has 0 saturated heterocycles. The quantitative estimate of drug-likeness (QED) is 0.563. The summed E-state index contributed by atoms with van der Waals surface area (Å²) < 4.78 is 0. The number of hydrogen-bond acceptors (Lipinski definition) is 2. The van der Waals surface area contributed by atoms with E-state index in [1.807, 2.05) is 19.1 Å². The van der Waals surface area contributed by atoms with Crippen molar-refractivity contribution in [3.63, 3.8) is 0 Å². The lowest BCUT2D eigenvalue weighted by atomic mass is 9.95. The highest BCUT2D eigenvalue weighted by molar-refractivity contribution is 5.85. The van der Waals surface area contributed by atoms with Gasteiger partial charge < -0.3 is 10.4 Å². The molecule has 0 radical (unpaired) electrons. The molecule has 3 atom stereocenters. The highest BCUT2D eigenvalue weighted by Crippen LogP contribution is 2.38. The molecular formula is C14H23NO3. The maximum Gasteiger partial charge on any atom is 0.307 e. The van der Waals surface area contributed by atoms with Crippen LogP contribution < -0.4 is 5.32 Å². The molecule has 18 heavy (non-hydrogen) atoms. The molecule has 0 aliphatic heterocycles. The number of carboxylic acid groups (broad SMARTS) is 1. The predicted molar refractivity (Wildman–Crippen MR) is 70.1 cm³/mol. The summed E-state index contributed by atoms with van der Waals surface area (Å²) in [6.07, 6.45) is 7.02. The summed E-state index contributed by atoms with van der Waals surface area (Å²) in [5.41, 5.74) is 0. The maximum absolute atomic E-state index is 12.0. The minimum atomic E-state index is -0.834. The zero-order chi connectivity index (χ0) is 13.5. The van der Waals surface area contributed by atoms with E-state index in [0.29, 0.717) is 25.3 Å². The minimum Gasteiger partial charge on any atom is -0.481 e. The van der Waals surface area contributed by atoms with Crippen molar-refractivity contribution < 1.29 is 14.7 Å². The molecule has 0 aromatic heterocycles. The van der Waals surface area contributed by atoms with E-state index in [1.165, 1.54) is 0 Å². The summed E-state index contributed by atoms with van der Waals surface area (Å²) >= 11 is 0. The van der Waals surface area contributed by atoms with Gasteiger partial charge >= 0.3 is 5.97 Å². The summed E-state index contributed by atoms with van der Waals surface area (Å²) in [7, 11) is 0. The number of carbonyl (C=O) groups excluding carboxylic acids is 1. The molecule has 0 spiro atoms. The summed E-state index contributed by atoms with van der Waals surface area (Å²) in [4.78, 5) is 23.1. The summed E-state index contributed by atoms with van der Waals surface area (Å²) in [5.74, 6) is -1.41. The van der Waals surface area contributed by atoms with Gasteiger partial charge in [0.05, 0.1) is 11.8 Å². The molecule has 1 fully saturated rings. The van der Waals surface area contributed by atoms with E-state index >= 15 is 0 Å². The van der Waals surface area contributed by atoms with Crippen molar-refractivity contribution in [3.8, 4) is 0 Å². The number of carbonyl (C=O) groups is 2. The van der Waals surface area contributed by atoms with Gasteiger partial charge in [0, 0.05) is 6.54 Å². The van der Waals surface area contributed by atoms with E-state index in [9.17, 15) is 9.59 Å². The number of rotatable bonds is 6. The molecule has 3 unspecified atom stereocenters. The van der Waals surface area contributed by atoms with Crippen molar-refractivity contribution >= 4 is 11.9 Å². The average molecular weight is 253 g/mol. The Morgan fingerprint density at radius 3 is 2.56 bits per heavy atom. The molecule has 2 N–H and O–H groups in total. The van der Waals surface area contributed by atoms with Gasteiger partial charge in [-0.15, -0.1) is 0 Å². The van der Waals surface area contributed by atoms with Crippen LogP contribution in [0.15, 0.2) is 12.2 Å². The molecule has 0 aromatic carbocycles. The zero-order valence-electron chi connectivity index (χ0n) is 11.2. The van der Waals surface area contributed by atoms with Gasteiger partial charge in [-0.2, -0.15) is 0 Å². The predicted octanol–water partition coefficient (Wildman–Crippen LogP) is 2.21. The number of aliphatic carboxylic acids is 1. The van der Waals surface area contributed by atoms with Crippen LogP contribution in [-0.2, 0) is 9.59 Å². The Bertz CT molecular complexity index is 325. The van der Waals surface area contributed by atoms with Gasteiger partial charge in [-0.3, -0.25) is 9.59 Å². The lowest BCUT2D eigenvalue weighted by molar-refractivity contribution is -0.146. The molecule has 4 heteroatoms. The van der Waals surface area contributed by atoms with E-state index in [4.69, 9.17) is 5.11 Å². The number of amides is 1. The number of nitrogens with one attached hydrogen (secondary N) is 1. The third-order valence-electron chi connectivity index (χ3n) is 3.74. The topological polar surface area (TPSA) is 66.4 Å². The van der Waals surface area contributed by atoms with Crippen LogP contribution in [0.25, 0.3) is 0 Å². The SMILES string of the molecule is C/C=C/CCNC(=O)C1CC(CC)CC1C(=O)O. The second kappa shape index (κ2) is 7.19. The fourth-order valence-corrected chi connectivity index (χ4v) is 2.62.